The van der Waals surface area contributed by atoms with Crippen LogP contribution in [0.25, 0.3) is 98.4 Å². The van der Waals surface area contributed by atoms with Crippen molar-refractivity contribution in [2.45, 2.75) is 5.41 Å². The Morgan fingerprint density at radius 1 is 0.229 bits per heavy atom. The van der Waals surface area contributed by atoms with Crippen LogP contribution < -0.4 is 4.90 Å². The van der Waals surface area contributed by atoms with Gasteiger partial charge in [-0.15, -0.1) is 0 Å². The van der Waals surface area contributed by atoms with Crippen LogP contribution in [0.15, 0.2) is 261 Å². The summed E-state index contributed by atoms with van der Waals surface area (Å²) in [7, 11) is 0. The lowest BCUT2D eigenvalue weighted by Crippen LogP contribution is -2.26. The topological polar surface area (TPSA) is 3.24 Å². The van der Waals surface area contributed by atoms with Crippen molar-refractivity contribution < 1.29 is 0 Å². The van der Waals surface area contributed by atoms with E-state index < -0.39 is 5.41 Å². The normalized spacial score (nSPS) is 13.0. The summed E-state index contributed by atoms with van der Waals surface area (Å²) in [4.78, 5) is 2.61. The zero-order valence-electron chi connectivity index (χ0n) is 38.3. The average Bonchev–Trinajstić information content (AvgIpc) is 3.90. The zero-order chi connectivity index (χ0) is 45.9. The SMILES string of the molecule is c1ccc(-c2ccccc2-c2cc3c(cc2N(c2ccc4c5ccccc5c5ccccc5c4c2)c2cc4ccccc4c4ccccc24)C2(c4ccccc4-c4ccccc42)c2ccccc2-3)cc1. The van der Waals surface area contributed by atoms with Crippen LogP contribution in [0.5, 0.6) is 0 Å². The second-order valence-electron chi connectivity index (χ2n) is 19.0. The first-order valence-corrected chi connectivity index (χ1v) is 24.4. The lowest BCUT2D eigenvalue weighted by atomic mass is 9.70. The summed E-state index contributed by atoms with van der Waals surface area (Å²) >= 11 is 0. The van der Waals surface area contributed by atoms with Gasteiger partial charge in [-0.1, -0.05) is 231 Å². The van der Waals surface area contributed by atoms with Crippen LogP contribution >= 0.6 is 0 Å². The molecule has 2 aliphatic rings. The van der Waals surface area contributed by atoms with Crippen molar-refractivity contribution in [3.63, 3.8) is 0 Å². The first-order chi connectivity index (χ1) is 34.8. The van der Waals surface area contributed by atoms with E-state index >= 15 is 0 Å². The fraction of sp³-hybridized carbons (Fsp3) is 0.0145. The molecule has 2 aliphatic carbocycles. The Balaban J connectivity index is 1.13. The van der Waals surface area contributed by atoms with Crippen molar-refractivity contribution in [3.8, 4) is 44.5 Å². The molecule has 324 valence electrons. The summed E-state index contributed by atoms with van der Waals surface area (Å²) in [5.74, 6) is 0. The summed E-state index contributed by atoms with van der Waals surface area (Å²) in [5.41, 5.74) is 18.0. The standard InChI is InChI=1S/C69H43N/c1-2-20-44(21-3-1)47-23-6-7-26-50(47)62-42-61-58-33-16-19-37-65(58)69(63-35-17-14-31-56(63)57-32-15-18-36-64(57)69)66(61)43-68(62)70(67-40-45-22-4-5-24-48(45)49-25-12-13-34-59(49)67)46-38-39-55-53-29-9-8-27-51(53)52-28-10-11-30-54(52)60(55)41-46/h1-43H. The molecule has 1 nitrogen and oxygen atoms in total. The number of hydrogen-bond acceptors (Lipinski definition) is 1. The van der Waals surface area contributed by atoms with Crippen LogP contribution in [0.4, 0.5) is 17.1 Å². The van der Waals surface area contributed by atoms with Gasteiger partial charge in [-0.3, -0.25) is 0 Å². The van der Waals surface area contributed by atoms with Crippen LogP contribution in [-0.4, -0.2) is 0 Å². The third-order valence-electron chi connectivity index (χ3n) is 15.6. The lowest BCUT2D eigenvalue weighted by Gasteiger charge is -2.34. The monoisotopic (exact) mass is 885 g/mol. The molecule has 0 aliphatic heterocycles. The van der Waals surface area contributed by atoms with Gasteiger partial charge < -0.3 is 4.90 Å². The lowest BCUT2D eigenvalue weighted by molar-refractivity contribution is 0.794. The predicted octanol–water partition coefficient (Wildman–Crippen LogP) is 18.6. The van der Waals surface area contributed by atoms with E-state index in [4.69, 9.17) is 0 Å². The van der Waals surface area contributed by atoms with Crippen molar-refractivity contribution in [2.75, 3.05) is 4.90 Å². The number of benzene rings is 13. The quantitative estimate of drug-likeness (QED) is 0.156. The summed E-state index contributed by atoms with van der Waals surface area (Å²) in [6, 6.07) is 97.9. The van der Waals surface area contributed by atoms with E-state index in [2.05, 4.69) is 266 Å². The largest absolute Gasteiger partial charge is 0.309 e. The molecule has 0 aromatic heterocycles. The molecule has 0 fully saturated rings. The highest BCUT2D eigenvalue weighted by atomic mass is 15.1. The van der Waals surface area contributed by atoms with Gasteiger partial charge in [0, 0.05) is 16.6 Å². The molecule has 0 radical (unpaired) electrons. The van der Waals surface area contributed by atoms with E-state index in [1.165, 1.54) is 121 Å². The van der Waals surface area contributed by atoms with Gasteiger partial charge in [0.25, 0.3) is 0 Å². The van der Waals surface area contributed by atoms with Crippen molar-refractivity contribution >= 4 is 70.9 Å². The highest BCUT2D eigenvalue weighted by molar-refractivity contribution is 6.26. The molecule has 1 heteroatoms. The summed E-state index contributed by atoms with van der Waals surface area (Å²) in [6.07, 6.45) is 0. The predicted molar refractivity (Wildman–Crippen MR) is 296 cm³/mol. The smallest absolute Gasteiger partial charge is 0.0726 e. The van der Waals surface area contributed by atoms with Crippen molar-refractivity contribution in [2.24, 2.45) is 0 Å². The number of anilines is 3. The Kier molecular flexibility index (Phi) is 8.35. The highest BCUT2D eigenvalue weighted by Gasteiger charge is 2.52. The van der Waals surface area contributed by atoms with E-state index in [-0.39, 0.29) is 0 Å². The van der Waals surface area contributed by atoms with Crippen LogP contribution in [0.2, 0.25) is 0 Å². The van der Waals surface area contributed by atoms with Gasteiger partial charge in [0.1, 0.15) is 0 Å². The molecule has 0 N–H and O–H groups in total. The van der Waals surface area contributed by atoms with E-state index in [1.807, 2.05) is 0 Å². The maximum atomic E-state index is 2.61. The Bertz CT molecular complexity index is 4230. The number of fused-ring (bicyclic) bond motifs is 19. The highest BCUT2D eigenvalue weighted by Crippen LogP contribution is 2.64. The maximum absolute atomic E-state index is 2.61. The molecule has 0 heterocycles. The Labute approximate surface area is 406 Å². The molecule has 15 rings (SSSR count). The van der Waals surface area contributed by atoms with Gasteiger partial charge in [-0.2, -0.15) is 0 Å². The first kappa shape index (κ1) is 39.0. The second kappa shape index (κ2) is 15.0. The third kappa shape index (κ3) is 5.38. The fourth-order valence-electron chi connectivity index (χ4n) is 12.8. The molecule has 13 aromatic rings. The first-order valence-electron chi connectivity index (χ1n) is 24.4. The number of hydrogen-bond donors (Lipinski definition) is 0. The minimum atomic E-state index is -0.541. The van der Waals surface area contributed by atoms with Crippen molar-refractivity contribution in [1.29, 1.82) is 0 Å². The Morgan fingerprint density at radius 2 is 0.671 bits per heavy atom. The van der Waals surface area contributed by atoms with Gasteiger partial charge in [-0.05, 0) is 140 Å². The Hall–Kier alpha value is -9.04. The molecule has 13 aromatic carbocycles. The number of nitrogens with zero attached hydrogens (tertiary/aromatic N) is 1. The van der Waals surface area contributed by atoms with E-state index in [1.54, 1.807) is 0 Å². The molecular formula is C69H43N. The Morgan fingerprint density at radius 3 is 1.29 bits per heavy atom. The summed E-state index contributed by atoms with van der Waals surface area (Å²) in [6.45, 7) is 0. The van der Waals surface area contributed by atoms with Gasteiger partial charge in [-0.25, -0.2) is 0 Å². The molecule has 70 heavy (non-hydrogen) atoms. The van der Waals surface area contributed by atoms with Crippen LogP contribution in [0.1, 0.15) is 22.3 Å². The third-order valence-corrected chi connectivity index (χ3v) is 15.6. The van der Waals surface area contributed by atoms with E-state index in [0.29, 0.717) is 0 Å². The van der Waals surface area contributed by atoms with Crippen LogP contribution in [0.3, 0.4) is 0 Å². The van der Waals surface area contributed by atoms with Gasteiger partial charge in [0.15, 0.2) is 0 Å². The van der Waals surface area contributed by atoms with Crippen molar-refractivity contribution in [1.82, 2.24) is 0 Å². The molecule has 0 unspecified atom stereocenters. The number of rotatable bonds is 5. The molecule has 0 amide bonds. The van der Waals surface area contributed by atoms with E-state index in [9.17, 15) is 0 Å². The average molecular weight is 886 g/mol. The molecular weight excluding hydrogens is 843 g/mol. The maximum Gasteiger partial charge on any atom is 0.0726 e. The van der Waals surface area contributed by atoms with Gasteiger partial charge in [0.05, 0.1) is 16.8 Å². The molecule has 0 bridgehead atoms. The van der Waals surface area contributed by atoms with Crippen LogP contribution in [-0.2, 0) is 5.41 Å². The second-order valence-corrected chi connectivity index (χ2v) is 19.0. The van der Waals surface area contributed by atoms with Gasteiger partial charge in [0.2, 0.25) is 0 Å². The molecule has 0 saturated heterocycles. The van der Waals surface area contributed by atoms with E-state index in [0.717, 1.165) is 17.1 Å². The molecule has 1 spiro atoms. The zero-order valence-corrected chi connectivity index (χ0v) is 38.3. The van der Waals surface area contributed by atoms with Crippen LogP contribution in [0, 0.1) is 0 Å². The summed E-state index contributed by atoms with van der Waals surface area (Å²) < 4.78 is 0. The summed E-state index contributed by atoms with van der Waals surface area (Å²) in [5, 5.41) is 12.4. The minimum Gasteiger partial charge on any atom is -0.309 e. The minimum absolute atomic E-state index is 0.541. The molecule has 0 atom stereocenters. The molecule has 0 saturated carbocycles. The fourth-order valence-corrected chi connectivity index (χ4v) is 12.8. The van der Waals surface area contributed by atoms with Crippen molar-refractivity contribution in [3.05, 3.63) is 283 Å². The van der Waals surface area contributed by atoms with Gasteiger partial charge >= 0.3 is 0 Å².